The van der Waals surface area contributed by atoms with Crippen molar-refractivity contribution >= 4 is 29.1 Å². The second-order valence-corrected chi connectivity index (χ2v) is 10.9. The zero-order valence-corrected chi connectivity index (χ0v) is 23.5. The molecule has 208 valence electrons. The number of nitrogens with zero attached hydrogens (tertiary/aromatic N) is 5. The zero-order chi connectivity index (χ0) is 28.3. The van der Waals surface area contributed by atoms with Gasteiger partial charge in [-0.3, -0.25) is 10.1 Å². The van der Waals surface area contributed by atoms with E-state index in [1.54, 1.807) is 30.7 Å². The molecule has 0 aliphatic carbocycles. The lowest BCUT2D eigenvalue weighted by atomic mass is 9.94. The number of hydrogen-bond acceptors (Lipinski definition) is 5. The molecule has 4 aromatic heterocycles. The molecule has 1 fully saturated rings. The molecule has 5 heterocycles. The minimum Gasteiger partial charge on any atom is -0.353 e. The number of halogens is 1. The van der Waals surface area contributed by atoms with E-state index in [2.05, 4.69) is 54.6 Å². The highest BCUT2D eigenvalue weighted by molar-refractivity contribution is 5.96. The number of rotatable bonds is 8. The molecule has 1 aliphatic heterocycles. The van der Waals surface area contributed by atoms with Crippen LogP contribution in [0.2, 0.25) is 0 Å². The third kappa shape index (κ3) is 5.74. The van der Waals surface area contributed by atoms with Gasteiger partial charge >= 0.3 is 0 Å². The SMILES string of the molecule is C=c1c(-c2cc3c(-c4cc(F)cc(C(C)CCN5CCCC5)c4)nccc3[nH]2)n[nH]/c1=C/C=C(\C)c1cncnc1. The number of benzene rings is 1. The highest BCUT2D eigenvalue weighted by Crippen LogP contribution is 2.32. The summed E-state index contributed by atoms with van der Waals surface area (Å²) in [5, 5.41) is 10.1. The summed E-state index contributed by atoms with van der Waals surface area (Å²) in [5.41, 5.74) is 6.96. The summed E-state index contributed by atoms with van der Waals surface area (Å²) >= 11 is 0. The molecule has 1 aromatic carbocycles. The van der Waals surface area contributed by atoms with Crippen molar-refractivity contribution in [3.63, 3.8) is 0 Å². The average molecular weight is 548 g/mol. The van der Waals surface area contributed by atoms with Crippen LogP contribution in [0.5, 0.6) is 0 Å². The van der Waals surface area contributed by atoms with Gasteiger partial charge in [-0.2, -0.15) is 5.10 Å². The average Bonchev–Trinajstić information content (AvgIpc) is 3.74. The minimum atomic E-state index is -0.238. The Bertz CT molecular complexity index is 1810. The predicted octanol–water partition coefficient (Wildman–Crippen LogP) is 5.43. The Labute approximate surface area is 238 Å². The number of hydrogen-bond donors (Lipinski definition) is 2. The van der Waals surface area contributed by atoms with E-state index >= 15 is 0 Å². The number of nitrogens with one attached hydrogen (secondary N) is 2. The van der Waals surface area contributed by atoms with Crippen LogP contribution in [0.15, 0.2) is 61.3 Å². The van der Waals surface area contributed by atoms with Crippen molar-refractivity contribution in [1.29, 1.82) is 0 Å². The Morgan fingerprint density at radius 1 is 1.12 bits per heavy atom. The number of H-pyrrole nitrogens is 2. The fourth-order valence-corrected chi connectivity index (χ4v) is 5.54. The maximum Gasteiger partial charge on any atom is 0.124 e. The molecule has 41 heavy (non-hydrogen) atoms. The number of aromatic nitrogens is 6. The summed E-state index contributed by atoms with van der Waals surface area (Å²) in [6.07, 6.45) is 14.3. The third-order valence-corrected chi connectivity index (χ3v) is 8.06. The first-order valence-electron chi connectivity index (χ1n) is 14.1. The molecular formula is C33H34FN7. The van der Waals surface area contributed by atoms with Gasteiger partial charge in [0.05, 0.1) is 16.7 Å². The molecule has 2 N–H and O–H groups in total. The molecule has 1 saturated heterocycles. The molecule has 0 amide bonds. The van der Waals surface area contributed by atoms with Crippen LogP contribution in [-0.4, -0.2) is 54.7 Å². The highest BCUT2D eigenvalue weighted by atomic mass is 19.1. The maximum atomic E-state index is 14.9. The van der Waals surface area contributed by atoms with Crippen molar-refractivity contribution in [2.24, 2.45) is 0 Å². The summed E-state index contributed by atoms with van der Waals surface area (Å²) in [7, 11) is 0. The molecule has 1 unspecified atom stereocenters. The van der Waals surface area contributed by atoms with Crippen LogP contribution in [0.1, 0.15) is 50.2 Å². The Hall–Kier alpha value is -4.43. The molecule has 0 spiro atoms. The van der Waals surface area contributed by atoms with Crippen LogP contribution < -0.4 is 10.6 Å². The highest BCUT2D eigenvalue weighted by Gasteiger charge is 2.17. The van der Waals surface area contributed by atoms with Crippen molar-refractivity contribution in [2.75, 3.05) is 19.6 Å². The quantitative estimate of drug-likeness (QED) is 0.271. The van der Waals surface area contributed by atoms with E-state index in [1.807, 2.05) is 31.2 Å². The van der Waals surface area contributed by atoms with Crippen LogP contribution in [-0.2, 0) is 0 Å². The van der Waals surface area contributed by atoms with E-state index in [-0.39, 0.29) is 11.7 Å². The van der Waals surface area contributed by atoms with E-state index < -0.39 is 0 Å². The zero-order valence-electron chi connectivity index (χ0n) is 23.5. The minimum absolute atomic E-state index is 0.238. The number of fused-ring (bicyclic) bond motifs is 1. The summed E-state index contributed by atoms with van der Waals surface area (Å²) in [4.78, 5) is 18.8. The molecule has 1 aliphatic rings. The Kier molecular flexibility index (Phi) is 7.57. The van der Waals surface area contributed by atoms with Gasteiger partial charge in [0.1, 0.15) is 17.8 Å². The third-order valence-electron chi connectivity index (χ3n) is 8.06. The van der Waals surface area contributed by atoms with Crippen LogP contribution in [0.4, 0.5) is 4.39 Å². The number of pyridine rings is 1. The normalized spacial score (nSPS) is 15.7. The van der Waals surface area contributed by atoms with Crippen molar-refractivity contribution in [3.05, 3.63) is 88.8 Å². The van der Waals surface area contributed by atoms with Crippen LogP contribution >= 0.6 is 0 Å². The van der Waals surface area contributed by atoms with E-state index in [4.69, 9.17) is 0 Å². The van der Waals surface area contributed by atoms with Crippen LogP contribution in [0.3, 0.4) is 0 Å². The topological polar surface area (TPSA) is 86.4 Å². The van der Waals surface area contributed by atoms with Gasteiger partial charge in [-0.1, -0.05) is 19.6 Å². The summed E-state index contributed by atoms with van der Waals surface area (Å²) in [6.45, 7) is 11.9. The fourth-order valence-electron chi connectivity index (χ4n) is 5.54. The standard InChI is InChI=1S/C33H34FN7/c1-21(26-18-35-20-36-19-26)6-7-29-23(3)32(40-39-29)31-17-28-30(38-31)8-10-37-33(28)25-14-24(15-27(34)16-25)22(2)9-13-41-11-4-5-12-41/h6-8,10,14-20,22,38-39H,3-5,9,11-13H2,1-2H3/b21-6+,29-7+. The van der Waals surface area contributed by atoms with Crippen LogP contribution in [0.25, 0.3) is 51.8 Å². The van der Waals surface area contributed by atoms with Gasteiger partial charge in [0, 0.05) is 45.8 Å². The number of aromatic amines is 2. The van der Waals surface area contributed by atoms with Crippen molar-refractivity contribution in [3.8, 4) is 22.6 Å². The van der Waals surface area contributed by atoms with E-state index in [0.29, 0.717) is 0 Å². The van der Waals surface area contributed by atoms with Crippen molar-refractivity contribution < 1.29 is 4.39 Å². The molecule has 8 heteroatoms. The lowest BCUT2D eigenvalue weighted by Gasteiger charge is -2.19. The summed E-state index contributed by atoms with van der Waals surface area (Å²) in [6, 6.07) is 9.28. The second kappa shape index (κ2) is 11.6. The Balaban J connectivity index is 1.30. The Morgan fingerprint density at radius 2 is 1.93 bits per heavy atom. The molecule has 0 radical (unpaired) electrons. The van der Waals surface area contributed by atoms with E-state index in [0.717, 1.165) is 73.8 Å². The maximum absolute atomic E-state index is 14.9. The van der Waals surface area contributed by atoms with Gasteiger partial charge < -0.3 is 9.88 Å². The second-order valence-electron chi connectivity index (χ2n) is 10.9. The lowest BCUT2D eigenvalue weighted by Crippen LogP contribution is -2.21. The van der Waals surface area contributed by atoms with Crippen molar-refractivity contribution in [2.45, 2.75) is 39.0 Å². The molecule has 6 rings (SSSR count). The molecule has 1 atom stereocenters. The smallest absolute Gasteiger partial charge is 0.124 e. The van der Waals surface area contributed by atoms with Gasteiger partial charge in [0.25, 0.3) is 0 Å². The van der Waals surface area contributed by atoms with Gasteiger partial charge in [-0.15, -0.1) is 0 Å². The van der Waals surface area contributed by atoms with Gasteiger partial charge in [-0.25, -0.2) is 14.4 Å². The van der Waals surface area contributed by atoms with Crippen molar-refractivity contribution in [1.82, 2.24) is 35.0 Å². The van der Waals surface area contributed by atoms with Crippen LogP contribution in [0, 0.1) is 5.82 Å². The summed E-state index contributed by atoms with van der Waals surface area (Å²) in [5.74, 6) is 0.0172. The molecule has 0 saturated carbocycles. The molecule has 5 aromatic rings. The van der Waals surface area contributed by atoms with Gasteiger partial charge in [-0.05, 0) is 99.3 Å². The van der Waals surface area contributed by atoms with E-state index in [9.17, 15) is 4.39 Å². The first kappa shape index (κ1) is 26.8. The predicted molar refractivity (Wildman–Crippen MR) is 163 cm³/mol. The molecule has 0 bridgehead atoms. The van der Waals surface area contributed by atoms with Gasteiger partial charge in [0.15, 0.2) is 0 Å². The Morgan fingerprint density at radius 3 is 2.73 bits per heavy atom. The monoisotopic (exact) mass is 547 g/mol. The fraction of sp³-hybridized carbons (Fsp3) is 0.273. The molecule has 7 nitrogen and oxygen atoms in total. The van der Waals surface area contributed by atoms with Gasteiger partial charge in [0.2, 0.25) is 0 Å². The molecular weight excluding hydrogens is 513 g/mol. The number of likely N-dealkylation sites (tertiary alicyclic amines) is 1. The first-order valence-corrected chi connectivity index (χ1v) is 14.1. The van der Waals surface area contributed by atoms with E-state index in [1.165, 1.54) is 32.3 Å². The number of allylic oxidation sites excluding steroid dienone is 2. The lowest BCUT2D eigenvalue weighted by molar-refractivity contribution is 0.324. The largest absolute Gasteiger partial charge is 0.353 e. The summed E-state index contributed by atoms with van der Waals surface area (Å²) < 4.78 is 14.9. The first-order chi connectivity index (χ1) is 20.0.